The van der Waals surface area contributed by atoms with Gasteiger partial charge >= 0.3 is 0 Å². The van der Waals surface area contributed by atoms with Crippen molar-refractivity contribution in [3.05, 3.63) is 59.7 Å². The third kappa shape index (κ3) is 5.77. The summed E-state index contributed by atoms with van der Waals surface area (Å²) < 4.78 is 17.0. The summed E-state index contributed by atoms with van der Waals surface area (Å²) in [6.45, 7) is 7.81. The molecule has 2 unspecified atom stereocenters. The Balaban J connectivity index is 1.71. The number of morpholine rings is 1. The van der Waals surface area contributed by atoms with Gasteiger partial charge in [-0.2, -0.15) is 0 Å². The summed E-state index contributed by atoms with van der Waals surface area (Å²) in [4.78, 5) is 17.7. The second-order valence-electron chi connectivity index (χ2n) is 7.95. The van der Waals surface area contributed by atoms with E-state index in [1.54, 1.807) is 14.2 Å². The predicted molar refractivity (Wildman–Crippen MR) is 122 cm³/mol. The monoisotopic (exact) mass is 426 g/mol. The topological polar surface area (TPSA) is 51.2 Å². The number of rotatable bonds is 9. The summed E-state index contributed by atoms with van der Waals surface area (Å²) in [5.74, 6) is 1.48. The average Bonchev–Trinajstić information content (AvgIpc) is 2.82. The summed E-state index contributed by atoms with van der Waals surface area (Å²) in [6, 6.07) is 15.6. The van der Waals surface area contributed by atoms with Crippen LogP contribution in [-0.4, -0.2) is 68.3 Å². The van der Waals surface area contributed by atoms with Gasteiger partial charge in [-0.1, -0.05) is 37.3 Å². The van der Waals surface area contributed by atoms with E-state index in [-0.39, 0.29) is 18.1 Å². The molecule has 0 aromatic heterocycles. The molecule has 2 aromatic carbocycles. The smallest absolute Gasteiger partial charge is 0.257 e. The fourth-order valence-corrected chi connectivity index (χ4v) is 3.99. The van der Waals surface area contributed by atoms with Crippen LogP contribution >= 0.6 is 0 Å². The van der Waals surface area contributed by atoms with Crippen LogP contribution in [0.3, 0.4) is 0 Å². The number of methoxy groups -OCH3 is 2. The maximum absolute atomic E-state index is 13.4. The molecule has 1 aliphatic heterocycles. The van der Waals surface area contributed by atoms with E-state index in [0.717, 1.165) is 37.4 Å². The van der Waals surface area contributed by atoms with Gasteiger partial charge in [0, 0.05) is 37.8 Å². The van der Waals surface area contributed by atoms with Gasteiger partial charge in [0.25, 0.3) is 5.91 Å². The van der Waals surface area contributed by atoms with Crippen molar-refractivity contribution in [1.29, 1.82) is 0 Å². The minimum Gasteiger partial charge on any atom is -0.496 e. The third-order valence-corrected chi connectivity index (χ3v) is 5.93. The number of carbonyl (C=O) groups excluding carboxylic acids is 1. The largest absolute Gasteiger partial charge is 0.496 e. The zero-order chi connectivity index (χ0) is 22.2. The molecular formula is C25H34N2O4. The number of amides is 1. The first kappa shape index (κ1) is 23.1. The number of nitrogens with zero attached hydrogens (tertiary/aromatic N) is 2. The van der Waals surface area contributed by atoms with E-state index in [9.17, 15) is 4.79 Å². The number of benzene rings is 2. The molecule has 1 amide bonds. The first-order chi connectivity index (χ1) is 15.1. The molecule has 31 heavy (non-hydrogen) atoms. The van der Waals surface area contributed by atoms with Crippen molar-refractivity contribution in [3.63, 3.8) is 0 Å². The Morgan fingerprint density at radius 2 is 1.81 bits per heavy atom. The lowest BCUT2D eigenvalue weighted by molar-refractivity contribution is -0.0467. The molecule has 2 atom stereocenters. The first-order valence-electron chi connectivity index (χ1n) is 11.0. The quantitative estimate of drug-likeness (QED) is 0.610. The van der Waals surface area contributed by atoms with E-state index in [4.69, 9.17) is 14.2 Å². The molecule has 0 spiro atoms. The Kier molecular flexibility index (Phi) is 8.32. The van der Waals surface area contributed by atoms with Crippen molar-refractivity contribution in [2.75, 3.05) is 40.5 Å². The van der Waals surface area contributed by atoms with E-state index in [0.29, 0.717) is 24.5 Å². The number of carbonyl (C=O) groups is 1. The van der Waals surface area contributed by atoms with Crippen molar-refractivity contribution in [2.45, 2.75) is 39.0 Å². The van der Waals surface area contributed by atoms with E-state index in [1.807, 2.05) is 47.4 Å². The maximum Gasteiger partial charge on any atom is 0.257 e. The van der Waals surface area contributed by atoms with Gasteiger partial charge in [-0.15, -0.1) is 0 Å². The van der Waals surface area contributed by atoms with Crippen LogP contribution in [0.25, 0.3) is 0 Å². The van der Waals surface area contributed by atoms with Gasteiger partial charge in [0.1, 0.15) is 11.5 Å². The number of hydrogen-bond acceptors (Lipinski definition) is 5. The summed E-state index contributed by atoms with van der Waals surface area (Å²) in [6.07, 6.45) is 0.828. The Hall–Kier alpha value is -2.57. The first-order valence-corrected chi connectivity index (χ1v) is 11.0. The summed E-state index contributed by atoms with van der Waals surface area (Å²) in [7, 11) is 3.30. The predicted octanol–water partition coefficient (Wildman–Crippen LogP) is 3.85. The van der Waals surface area contributed by atoms with Crippen LogP contribution in [0.15, 0.2) is 48.5 Å². The van der Waals surface area contributed by atoms with Crippen molar-refractivity contribution in [1.82, 2.24) is 9.80 Å². The normalized spacial score (nSPS) is 17.7. The highest BCUT2D eigenvalue weighted by molar-refractivity contribution is 5.97. The molecule has 0 radical (unpaired) electrons. The van der Waals surface area contributed by atoms with Gasteiger partial charge in [-0.05, 0) is 31.5 Å². The van der Waals surface area contributed by atoms with Gasteiger partial charge in [0.05, 0.1) is 32.5 Å². The van der Waals surface area contributed by atoms with E-state index < -0.39 is 0 Å². The average molecular weight is 427 g/mol. The molecule has 6 nitrogen and oxygen atoms in total. The molecule has 6 heteroatoms. The summed E-state index contributed by atoms with van der Waals surface area (Å²) >= 11 is 0. The highest BCUT2D eigenvalue weighted by atomic mass is 16.5. The molecule has 1 aliphatic rings. The Morgan fingerprint density at radius 1 is 1.13 bits per heavy atom. The van der Waals surface area contributed by atoms with Crippen molar-refractivity contribution in [3.8, 4) is 11.5 Å². The lowest BCUT2D eigenvalue weighted by Crippen LogP contribution is -2.50. The van der Waals surface area contributed by atoms with E-state index in [2.05, 4.69) is 24.8 Å². The molecule has 3 rings (SSSR count). The molecular weight excluding hydrogens is 392 g/mol. The summed E-state index contributed by atoms with van der Waals surface area (Å²) in [5, 5.41) is 0. The maximum atomic E-state index is 13.4. The van der Waals surface area contributed by atoms with Gasteiger partial charge < -0.3 is 19.1 Å². The van der Waals surface area contributed by atoms with Gasteiger partial charge in [-0.25, -0.2) is 0 Å². The summed E-state index contributed by atoms with van der Waals surface area (Å²) in [5.41, 5.74) is 1.75. The number of ether oxygens (including phenoxy) is 3. The zero-order valence-electron chi connectivity index (χ0n) is 19.0. The van der Waals surface area contributed by atoms with E-state index in [1.165, 1.54) is 0 Å². The van der Waals surface area contributed by atoms with Crippen molar-refractivity contribution >= 4 is 5.91 Å². The molecule has 2 aromatic rings. The van der Waals surface area contributed by atoms with Crippen LogP contribution in [0.2, 0.25) is 0 Å². The van der Waals surface area contributed by atoms with Gasteiger partial charge in [0.2, 0.25) is 0 Å². The fourth-order valence-electron chi connectivity index (χ4n) is 3.99. The standard InChI is InChI=1S/C25H34N2O4/c1-5-19(2)27(25(28)22-11-7-9-13-24(22)30-4)18-21-17-26(14-15-31-21)16-20-10-6-8-12-23(20)29-3/h6-13,19,21H,5,14-18H2,1-4H3. The SMILES string of the molecule is CCC(C)N(CC1CN(Cc2ccccc2OC)CCO1)C(=O)c1ccccc1OC. The molecule has 0 aliphatic carbocycles. The van der Waals surface area contributed by atoms with Crippen LogP contribution in [0.4, 0.5) is 0 Å². The molecule has 0 N–H and O–H groups in total. The highest BCUT2D eigenvalue weighted by Gasteiger charge is 2.29. The molecule has 1 heterocycles. The zero-order valence-corrected chi connectivity index (χ0v) is 19.0. The second kappa shape index (κ2) is 11.2. The molecule has 0 saturated carbocycles. The molecule has 1 saturated heterocycles. The third-order valence-electron chi connectivity index (χ3n) is 5.93. The van der Waals surface area contributed by atoms with Crippen LogP contribution in [0.5, 0.6) is 11.5 Å². The lowest BCUT2D eigenvalue weighted by atomic mass is 10.1. The Morgan fingerprint density at radius 3 is 2.52 bits per heavy atom. The molecule has 0 bridgehead atoms. The van der Waals surface area contributed by atoms with Crippen LogP contribution in [-0.2, 0) is 11.3 Å². The van der Waals surface area contributed by atoms with Gasteiger partial charge in [0.15, 0.2) is 0 Å². The molecule has 168 valence electrons. The Labute approximate surface area is 185 Å². The van der Waals surface area contributed by atoms with Crippen LogP contribution in [0.1, 0.15) is 36.2 Å². The highest BCUT2D eigenvalue weighted by Crippen LogP contribution is 2.23. The van der Waals surface area contributed by atoms with E-state index >= 15 is 0 Å². The fraction of sp³-hybridized carbons (Fsp3) is 0.480. The second-order valence-corrected chi connectivity index (χ2v) is 7.95. The number of para-hydroxylation sites is 2. The minimum absolute atomic E-state index is 0.0164. The van der Waals surface area contributed by atoms with Crippen molar-refractivity contribution in [2.24, 2.45) is 0 Å². The lowest BCUT2D eigenvalue weighted by Gasteiger charge is -2.38. The number of hydrogen-bond donors (Lipinski definition) is 0. The van der Waals surface area contributed by atoms with Crippen molar-refractivity contribution < 1.29 is 19.0 Å². The minimum atomic E-state index is -0.0453. The Bertz CT molecular complexity index is 857. The molecule has 1 fully saturated rings. The van der Waals surface area contributed by atoms with Crippen LogP contribution < -0.4 is 9.47 Å². The van der Waals surface area contributed by atoms with Crippen LogP contribution in [0, 0.1) is 0 Å². The van der Waals surface area contributed by atoms with Gasteiger partial charge in [-0.3, -0.25) is 9.69 Å².